The maximum Gasteiger partial charge on any atom is 0.119 e. The van der Waals surface area contributed by atoms with Gasteiger partial charge in [0.25, 0.3) is 0 Å². The predicted molar refractivity (Wildman–Crippen MR) is 78.8 cm³/mol. The molecule has 0 aromatic heterocycles. The molecule has 1 unspecified atom stereocenters. The smallest absolute Gasteiger partial charge is 0.119 e. The van der Waals surface area contributed by atoms with Gasteiger partial charge in [0.1, 0.15) is 18.1 Å². The molecule has 1 aromatic rings. The van der Waals surface area contributed by atoms with E-state index in [0.29, 0.717) is 12.5 Å². The van der Waals surface area contributed by atoms with E-state index in [9.17, 15) is 0 Å². The van der Waals surface area contributed by atoms with E-state index in [0.717, 1.165) is 37.7 Å². The van der Waals surface area contributed by atoms with Gasteiger partial charge in [-0.05, 0) is 43.3 Å². The van der Waals surface area contributed by atoms with Crippen LogP contribution in [0.2, 0.25) is 0 Å². The largest absolute Gasteiger partial charge is 0.497 e. The zero-order valence-corrected chi connectivity index (χ0v) is 12.3. The summed E-state index contributed by atoms with van der Waals surface area (Å²) in [5.74, 6) is 2.25. The molecule has 0 radical (unpaired) electrons. The summed E-state index contributed by atoms with van der Waals surface area (Å²) in [7, 11) is 1.66. The lowest BCUT2D eigenvalue weighted by Gasteiger charge is -2.23. The molecule has 0 bridgehead atoms. The van der Waals surface area contributed by atoms with Gasteiger partial charge in [0.2, 0.25) is 0 Å². The highest BCUT2D eigenvalue weighted by Crippen LogP contribution is 2.16. The summed E-state index contributed by atoms with van der Waals surface area (Å²) in [6, 6.07) is 7.67. The third-order valence-corrected chi connectivity index (χ3v) is 3.16. The number of hydrogen-bond donors (Lipinski definition) is 1. The van der Waals surface area contributed by atoms with Gasteiger partial charge in [-0.3, -0.25) is 4.90 Å². The molecule has 2 N–H and O–H groups in total. The third-order valence-electron chi connectivity index (χ3n) is 3.16. The van der Waals surface area contributed by atoms with E-state index in [1.54, 1.807) is 7.11 Å². The van der Waals surface area contributed by atoms with Crippen molar-refractivity contribution >= 4 is 0 Å². The second-order valence-electron chi connectivity index (χ2n) is 4.76. The van der Waals surface area contributed by atoms with Crippen LogP contribution in [0.15, 0.2) is 24.3 Å². The van der Waals surface area contributed by atoms with E-state index in [1.165, 1.54) is 0 Å². The van der Waals surface area contributed by atoms with Crippen LogP contribution in [0.25, 0.3) is 0 Å². The summed E-state index contributed by atoms with van der Waals surface area (Å²) >= 11 is 0. The number of methoxy groups -OCH3 is 1. The second-order valence-corrected chi connectivity index (χ2v) is 4.76. The van der Waals surface area contributed by atoms with Crippen LogP contribution < -0.4 is 15.2 Å². The van der Waals surface area contributed by atoms with E-state index in [4.69, 9.17) is 15.2 Å². The maximum absolute atomic E-state index is 5.72. The number of nitrogens with two attached hydrogens (primary N) is 1. The molecule has 1 rings (SSSR count). The number of nitrogens with zero attached hydrogens (tertiary/aromatic N) is 1. The highest BCUT2D eigenvalue weighted by atomic mass is 16.5. The van der Waals surface area contributed by atoms with E-state index in [-0.39, 0.29) is 0 Å². The van der Waals surface area contributed by atoms with Crippen LogP contribution in [-0.2, 0) is 0 Å². The van der Waals surface area contributed by atoms with Crippen molar-refractivity contribution in [3.8, 4) is 11.5 Å². The Morgan fingerprint density at radius 1 is 1.21 bits per heavy atom. The number of ether oxygens (including phenoxy) is 2. The first-order valence-electron chi connectivity index (χ1n) is 6.88. The van der Waals surface area contributed by atoms with Gasteiger partial charge in [0.15, 0.2) is 0 Å². The van der Waals surface area contributed by atoms with Gasteiger partial charge in [-0.15, -0.1) is 0 Å². The Morgan fingerprint density at radius 2 is 1.84 bits per heavy atom. The molecule has 108 valence electrons. The maximum atomic E-state index is 5.72. The quantitative estimate of drug-likeness (QED) is 0.742. The zero-order chi connectivity index (χ0) is 14.1. The number of likely N-dealkylation sites (N-methyl/N-ethyl adjacent to an activating group) is 1. The van der Waals surface area contributed by atoms with Crippen molar-refractivity contribution in [1.29, 1.82) is 0 Å². The minimum absolute atomic E-state index is 0.529. The molecule has 0 heterocycles. The van der Waals surface area contributed by atoms with Crippen molar-refractivity contribution in [3.05, 3.63) is 24.3 Å². The third kappa shape index (κ3) is 5.94. The number of benzene rings is 1. The Kier molecular flexibility index (Phi) is 7.30. The van der Waals surface area contributed by atoms with Crippen molar-refractivity contribution in [2.75, 3.05) is 39.9 Å². The number of hydrogen-bond acceptors (Lipinski definition) is 4. The van der Waals surface area contributed by atoms with E-state index >= 15 is 0 Å². The second kappa shape index (κ2) is 8.77. The summed E-state index contributed by atoms with van der Waals surface area (Å²) < 4.78 is 10.8. The fourth-order valence-corrected chi connectivity index (χ4v) is 1.86. The predicted octanol–water partition coefficient (Wildman–Crippen LogP) is 1.99. The fourth-order valence-electron chi connectivity index (χ4n) is 1.86. The molecule has 0 amide bonds. The molecule has 0 saturated carbocycles. The lowest BCUT2D eigenvalue weighted by atomic mass is 10.2. The molecule has 0 saturated heterocycles. The summed E-state index contributed by atoms with van der Waals surface area (Å²) in [5.41, 5.74) is 5.65. The molecular weight excluding hydrogens is 240 g/mol. The normalized spacial score (nSPS) is 12.5. The fraction of sp³-hybridized carbons (Fsp3) is 0.600. The standard InChI is InChI=1S/C15H26N2O2/c1-4-17(12-13(2)11-16)9-10-19-15-7-5-14(18-3)6-8-15/h5-8,13H,4,9-12,16H2,1-3H3. The van der Waals surface area contributed by atoms with Gasteiger partial charge in [0, 0.05) is 13.1 Å². The van der Waals surface area contributed by atoms with Crippen molar-refractivity contribution in [3.63, 3.8) is 0 Å². The molecule has 0 fully saturated rings. The first kappa shape index (κ1) is 15.8. The van der Waals surface area contributed by atoms with Crippen molar-refractivity contribution in [1.82, 2.24) is 4.90 Å². The summed E-state index contributed by atoms with van der Waals surface area (Å²) in [4.78, 5) is 2.36. The van der Waals surface area contributed by atoms with E-state index < -0.39 is 0 Å². The lowest BCUT2D eigenvalue weighted by molar-refractivity contribution is 0.197. The Labute approximate surface area is 116 Å². The van der Waals surface area contributed by atoms with Crippen LogP contribution in [0, 0.1) is 5.92 Å². The zero-order valence-electron chi connectivity index (χ0n) is 12.3. The molecule has 19 heavy (non-hydrogen) atoms. The Balaban J connectivity index is 2.30. The minimum atomic E-state index is 0.529. The van der Waals surface area contributed by atoms with Gasteiger partial charge in [0.05, 0.1) is 7.11 Å². The van der Waals surface area contributed by atoms with Gasteiger partial charge < -0.3 is 15.2 Å². The molecular formula is C15H26N2O2. The Morgan fingerprint density at radius 3 is 2.37 bits per heavy atom. The Hall–Kier alpha value is -1.26. The molecule has 0 aliphatic rings. The SMILES string of the molecule is CCN(CCOc1ccc(OC)cc1)CC(C)CN. The van der Waals surface area contributed by atoms with Crippen LogP contribution in [0.4, 0.5) is 0 Å². The molecule has 0 aliphatic carbocycles. The highest BCUT2D eigenvalue weighted by Gasteiger charge is 2.07. The van der Waals surface area contributed by atoms with Gasteiger partial charge in [-0.25, -0.2) is 0 Å². The minimum Gasteiger partial charge on any atom is -0.497 e. The van der Waals surface area contributed by atoms with E-state index in [2.05, 4.69) is 18.7 Å². The van der Waals surface area contributed by atoms with Crippen LogP contribution in [0.3, 0.4) is 0 Å². The van der Waals surface area contributed by atoms with Crippen LogP contribution in [0.5, 0.6) is 11.5 Å². The molecule has 1 aromatic carbocycles. The summed E-state index contributed by atoms with van der Waals surface area (Å²) in [5, 5.41) is 0. The van der Waals surface area contributed by atoms with Gasteiger partial charge >= 0.3 is 0 Å². The first-order chi connectivity index (χ1) is 9.19. The highest BCUT2D eigenvalue weighted by molar-refractivity contribution is 5.31. The molecule has 0 spiro atoms. The van der Waals surface area contributed by atoms with Gasteiger partial charge in [-0.1, -0.05) is 13.8 Å². The first-order valence-corrected chi connectivity index (χ1v) is 6.88. The molecule has 0 aliphatic heterocycles. The summed E-state index contributed by atoms with van der Waals surface area (Å²) in [6.45, 7) is 8.74. The lowest BCUT2D eigenvalue weighted by Crippen LogP contribution is -2.34. The topological polar surface area (TPSA) is 47.7 Å². The van der Waals surface area contributed by atoms with Gasteiger partial charge in [-0.2, -0.15) is 0 Å². The average Bonchev–Trinajstić information content (AvgIpc) is 2.46. The van der Waals surface area contributed by atoms with E-state index in [1.807, 2.05) is 24.3 Å². The Bertz CT molecular complexity index is 341. The molecule has 1 atom stereocenters. The number of rotatable bonds is 9. The molecule has 4 nitrogen and oxygen atoms in total. The monoisotopic (exact) mass is 266 g/mol. The molecule has 4 heteroatoms. The van der Waals surface area contributed by atoms with Crippen molar-refractivity contribution in [2.45, 2.75) is 13.8 Å². The van der Waals surface area contributed by atoms with Crippen LogP contribution >= 0.6 is 0 Å². The van der Waals surface area contributed by atoms with Crippen LogP contribution in [-0.4, -0.2) is 44.8 Å². The average molecular weight is 266 g/mol. The van der Waals surface area contributed by atoms with Crippen molar-refractivity contribution in [2.24, 2.45) is 11.7 Å². The van der Waals surface area contributed by atoms with Crippen molar-refractivity contribution < 1.29 is 9.47 Å². The summed E-state index contributed by atoms with van der Waals surface area (Å²) in [6.07, 6.45) is 0. The van der Waals surface area contributed by atoms with Crippen LogP contribution in [0.1, 0.15) is 13.8 Å².